The molecule has 0 saturated carbocycles. The van der Waals surface area contributed by atoms with Crippen LogP contribution in [-0.2, 0) is 4.74 Å². The Hall–Kier alpha value is -2.14. The van der Waals surface area contributed by atoms with Crippen LogP contribution in [0.25, 0.3) is 11.3 Å². The lowest BCUT2D eigenvalue weighted by atomic mass is 10.1. The molecule has 19 heavy (non-hydrogen) atoms. The molecular weight excluding hydrogens is 251 g/mol. The molecule has 0 unspecified atom stereocenters. The SMILES string of the molecule is COCCOc1c(F)cccc1-c1ccc(C=O)o1. The van der Waals surface area contributed by atoms with Gasteiger partial charge in [0.1, 0.15) is 12.4 Å². The van der Waals surface area contributed by atoms with E-state index in [9.17, 15) is 9.18 Å². The molecule has 0 aliphatic carbocycles. The summed E-state index contributed by atoms with van der Waals surface area (Å²) in [5, 5.41) is 0. The fourth-order valence-electron chi connectivity index (χ4n) is 1.64. The highest BCUT2D eigenvalue weighted by Crippen LogP contribution is 2.33. The number of carbonyl (C=O) groups excluding carboxylic acids is 1. The van der Waals surface area contributed by atoms with Crippen LogP contribution in [0.3, 0.4) is 0 Å². The number of furan rings is 1. The van der Waals surface area contributed by atoms with Gasteiger partial charge in [0.25, 0.3) is 0 Å². The molecule has 0 amide bonds. The van der Waals surface area contributed by atoms with E-state index in [1.54, 1.807) is 18.2 Å². The third-order valence-corrected chi connectivity index (χ3v) is 2.51. The number of para-hydroxylation sites is 1. The normalized spacial score (nSPS) is 10.4. The van der Waals surface area contributed by atoms with Crippen LogP contribution < -0.4 is 4.74 Å². The fraction of sp³-hybridized carbons (Fsp3) is 0.214. The van der Waals surface area contributed by atoms with Gasteiger partial charge in [-0.2, -0.15) is 0 Å². The Labute approximate surface area is 109 Å². The quantitative estimate of drug-likeness (QED) is 0.594. The van der Waals surface area contributed by atoms with Crippen molar-refractivity contribution in [1.82, 2.24) is 0 Å². The maximum atomic E-state index is 13.8. The summed E-state index contributed by atoms with van der Waals surface area (Å²) in [6.07, 6.45) is 0.592. The van der Waals surface area contributed by atoms with Crippen LogP contribution >= 0.6 is 0 Å². The van der Waals surface area contributed by atoms with Gasteiger partial charge in [-0.15, -0.1) is 0 Å². The van der Waals surface area contributed by atoms with Gasteiger partial charge in [-0.3, -0.25) is 4.79 Å². The lowest BCUT2D eigenvalue weighted by molar-refractivity contribution is 0.110. The Balaban J connectivity index is 2.33. The molecule has 4 nitrogen and oxygen atoms in total. The highest BCUT2D eigenvalue weighted by molar-refractivity contribution is 5.74. The number of hydrogen-bond donors (Lipinski definition) is 0. The Morgan fingerprint density at radius 1 is 1.26 bits per heavy atom. The largest absolute Gasteiger partial charge is 0.487 e. The zero-order valence-electron chi connectivity index (χ0n) is 10.4. The third kappa shape index (κ3) is 3.00. The van der Waals surface area contributed by atoms with E-state index in [0.717, 1.165) is 0 Å². The standard InChI is InChI=1S/C14H13FO4/c1-17-7-8-18-14-11(3-2-4-12(14)15)13-6-5-10(9-16)19-13/h2-6,9H,7-8H2,1H3. The predicted molar refractivity (Wildman–Crippen MR) is 66.9 cm³/mol. The van der Waals surface area contributed by atoms with Crippen molar-refractivity contribution in [3.05, 3.63) is 41.9 Å². The van der Waals surface area contributed by atoms with Crippen LogP contribution in [-0.4, -0.2) is 26.6 Å². The molecule has 0 N–H and O–H groups in total. The molecule has 0 aliphatic heterocycles. The summed E-state index contributed by atoms with van der Waals surface area (Å²) in [5.41, 5.74) is 0.462. The second-order valence-electron chi connectivity index (χ2n) is 3.78. The first-order chi connectivity index (χ1) is 9.26. The van der Waals surface area contributed by atoms with Crippen molar-refractivity contribution in [2.75, 3.05) is 20.3 Å². The highest BCUT2D eigenvalue weighted by atomic mass is 19.1. The summed E-state index contributed by atoms with van der Waals surface area (Å²) >= 11 is 0. The van der Waals surface area contributed by atoms with Gasteiger partial charge in [0.15, 0.2) is 23.6 Å². The van der Waals surface area contributed by atoms with E-state index < -0.39 is 5.82 Å². The summed E-state index contributed by atoms with van der Waals surface area (Å²) in [6, 6.07) is 7.64. The second kappa shape index (κ2) is 6.15. The Bertz CT molecular complexity index is 562. The molecule has 2 aromatic rings. The summed E-state index contributed by atoms with van der Waals surface area (Å²) in [4.78, 5) is 10.6. The molecule has 2 rings (SSSR count). The van der Waals surface area contributed by atoms with Gasteiger partial charge in [-0.1, -0.05) is 6.07 Å². The fourth-order valence-corrected chi connectivity index (χ4v) is 1.64. The van der Waals surface area contributed by atoms with Gasteiger partial charge in [0.05, 0.1) is 12.2 Å². The number of carbonyl (C=O) groups is 1. The van der Waals surface area contributed by atoms with E-state index >= 15 is 0 Å². The van der Waals surface area contributed by atoms with E-state index in [1.807, 2.05) is 0 Å². The lowest BCUT2D eigenvalue weighted by Crippen LogP contribution is -2.06. The van der Waals surface area contributed by atoms with Gasteiger partial charge in [0, 0.05) is 7.11 Å². The second-order valence-corrected chi connectivity index (χ2v) is 3.78. The van der Waals surface area contributed by atoms with Crippen LogP contribution in [0.4, 0.5) is 4.39 Å². The van der Waals surface area contributed by atoms with Crippen LogP contribution in [0.1, 0.15) is 10.6 Å². The number of halogens is 1. The van der Waals surface area contributed by atoms with Crippen molar-refractivity contribution in [3.8, 4) is 17.1 Å². The molecule has 5 heteroatoms. The average molecular weight is 264 g/mol. The zero-order chi connectivity index (χ0) is 13.7. The van der Waals surface area contributed by atoms with E-state index in [2.05, 4.69) is 0 Å². The molecule has 0 radical (unpaired) electrons. The minimum atomic E-state index is -0.488. The Kier molecular flexibility index (Phi) is 4.30. The summed E-state index contributed by atoms with van der Waals surface area (Å²) in [5.74, 6) is 0.167. The molecule has 100 valence electrons. The first kappa shape index (κ1) is 13.3. The van der Waals surface area contributed by atoms with Gasteiger partial charge in [0.2, 0.25) is 0 Å². The van der Waals surface area contributed by atoms with Gasteiger partial charge < -0.3 is 13.9 Å². The molecule has 1 aromatic carbocycles. The Morgan fingerprint density at radius 2 is 2.11 bits per heavy atom. The molecule has 1 aromatic heterocycles. The first-order valence-corrected chi connectivity index (χ1v) is 5.72. The molecule has 0 fully saturated rings. The highest BCUT2D eigenvalue weighted by Gasteiger charge is 2.14. The minimum absolute atomic E-state index is 0.0892. The Morgan fingerprint density at radius 3 is 2.79 bits per heavy atom. The van der Waals surface area contributed by atoms with Crippen molar-refractivity contribution in [3.63, 3.8) is 0 Å². The van der Waals surface area contributed by atoms with Crippen molar-refractivity contribution in [1.29, 1.82) is 0 Å². The topological polar surface area (TPSA) is 48.7 Å². The maximum Gasteiger partial charge on any atom is 0.185 e. The maximum absolute atomic E-state index is 13.8. The van der Waals surface area contributed by atoms with Crippen molar-refractivity contribution < 1.29 is 23.1 Å². The monoisotopic (exact) mass is 264 g/mol. The zero-order valence-corrected chi connectivity index (χ0v) is 10.4. The molecule has 0 spiro atoms. The van der Waals surface area contributed by atoms with Crippen LogP contribution in [0.2, 0.25) is 0 Å². The third-order valence-electron chi connectivity index (χ3n) is 2.51. The molecule has 0 saturated heterocycles. The van der Waals surface area contributed by atoms with Gasteiger partial charge >= 0.3 is 0 Å². The van der Waals surface area contributed by atoms with Crippen LogP contribution in [0, 0.1) is 5.82 Å². The molecule has 1 heterocycles. The number of ether oxygens (including phenoxy) is 2. The number of aldehydes is 1. The lowest BCUT2D eigenvalue weighted by Gasteiger charge is -2.10. The van der Waals surface area contributed by atoms with Crippen molar-refractivity contribution in [2.45, 2.75) is 0 Å². The van der Waals surface area contributed by atoms with E-state index in [4.69, 9.17) is 13.9 Å². The molecule has 0 bridgehead atoms. The van der Waals surface area contributed by atoms with Gasteiger partial charge in [-0.25, -0.2) is 4.39 Å². The molecule has 0 atom stereocenters. The smallest absolute Gasteiger partial charge is 0.185 e. The minimum Gasteiger partial charge on any atom is -0.487 e. The summed E-state index contributed by atoms with van der Waals surface area (Å²) < 4.78 is 29.3. The molecule has 0 aliphatic rings. The van der Waals surface area contributed by atoms with E-state index in [-0.39, 0.29) is 18.1 Å². The van der Waals surface area contributed by atoms with E-state index in [1.165, 1.54) is 19.2 Å². The number of methoxy groups -OCH3 is 1. The van der Waals surface area contributed by atoms with Gasteiger partial charge in [-0.05, 0) is 24.3 Å². The average Bonchev–Trinajstić information content (AvgIpc) is 2.89. The first-order valence-electron chi connectivity index (χ1n) is 5.72. The van der Waals surface area contributed by atoms with Crippen molar-refractivity contribution >= 4 is 6.29 Å². The summed E-state index contributed by atoms with van der Waals surface area (Å²) in [6.45, 7) is 0.581. The summed E-state index contributed by atoms with van der Waals surface area (Å²) in [7, 11) is 1.54. The van der Waals surface area contributed by atoms with Crippen molar-refractivity contribution in [2.24, 2.45) is 0 Å². The van der Waals surface area contributed by atoms with Crippen LogP contribution in [0.15, 0.2) is 34.7 Å². The molecular formula is C14H13FO4. The van der Waals surface area contributed by atoms with E-state index in [0.29, 0.717) is 24.2 Å². The number of hydrogen-bond acceptors (Lipinski definition) is 4. The predicted octanol–water partition coefficient (Wildman–Crippen LogP) is 2.92. The number of rotatable bonds is 6. The van der Waals surface area contributed by atoms with Crippen LogP contribution in [0.5, 0.6) is 5.75 Å². The number of benzene rings is 1.